The van der Waals surface area contributed by atoms with Crippen molar-refractivity contribution in [2.45, 2.75) is 64.7 Å². The molecular formula is C19H30O4S. The van der Waals surface area contributed by atoms with Gasteiger partial charge in [-0.2, -0.15) is 0 Å². The molecule has 0 aromatic heterocycles. The second-order valence-electron chi connectivity index (χ2n) is 6.03. The van der Waals surface area contributed by atoms with Gasteiger partial charge in [0.1, 0.15) is 5.75 Å². The minimum absolute atomic E-state index is 0.152. The maximum atomic E-state index is 12.0. The number of carbonyl (C=O) groups excluding carboxylic acids is 1. The molecule has 0 saturated heterocycles. The molecule has 1 aromatic carbocycles. The lowest BCUT2D eigenvalue weighted by Gasteiger charge is -2.05. The van der Waals surface area contributed by atoms with E-state index in [9.17, 15) is 13.6 Å². The molecule has 1 unspecified atom stereocenters. The first-order valence-electron chi connectivity index (χ1n) is 8.87. The summed E-state index contributed by atoms with van der Waals surface area (Å²) < 4.78 is 27.0. The average Bonchev–Trinajstić information content (AvgIpc) is 2.56. The first-order valence-corrected chi connectivity index (χ1v) is 10.6. The predicted octanol–water partition coefficient (Wildman–Crippen LogP) is 4.68. The van der Waals surface area contributed by atoms with E-state index < -0.39 is 15.8 Å². The summed E-state index contributed by atoms with van der Waals surface area (Å²) in [7, 11) is -3.05. The predicted molar refractivity (Wildman–Crippen MR) is 101 cm³/mol. The summed E-state index contributed by atoms with van der Waals surface area (Å²) in [5.41, 5.74) is 0. The van der Waals surface area contributed by atoms with E-state index in [2.05, 4.69) is 6.92 Å². The van der Waals surface area contributed by atoms with Crippen LogP contribution in [0.1, 0.15) is 64.7 Å². The summed E-state index contributed by atoms with van der Waals surface area (Å²) in [6, 6.07) is 8.71. The fraction of sp³-hybridized carbons (Fsp3) is 0.579. The van der Waals surface area contributed by atoms with Crippen LogP contribution in [-0.4, -0.2) is 25.9 Å². The number of para-hydroxylation sites is 1. The van der Waals surface area contributed by atoms with Crippen LogP contribution in [0.2, 0.25) is 0 Å². The molecule has 136 valence electrons. The van der Waals surface area contributed by atoms with Crippen molar-refractivity contribution in [1.82, 2.24) is 0 Å². The third kappa shape index (κ3) is 10.4. The van der Waals surface area contributed by atoms with E-state index in [1.165, 1.54) is 37.5 Å². The first kappa shape index (κ1) is 20.7. The molecule has 0 aliphatic carbocycles. The Labute approximate surface area is 146 Å². The summed E-state index contributed by atoms with van der Waals surface area (Å²) in [5.74, 6) is 0.155. The van der Waals surface area contributed by atoms with Crippen molar-refractivity contribution < 1.29 is 18.3 Å². The molecule has 0 fully saturated rings. The molecule has 0 bridgehead atoms. The van der Waals surface area contributed by atoms with E-state index in [0.29, 0.717) is 12.2 Å². The molecule has 0 aliphatic rings. The van der Waals surface area contributed by atoms with E-state index in [4.69, 9.17) is 4.74 Å². The highest BCUT2D eigenvalue weighted by molar-refractivity contribution is 7.96. The van der Waals surface area contributed by atoms with Crippen LogP contribution in [0.15, 0.2) is 30.3 Å². The Hall–Kier alpha value is -1.33. The smallest absolute Gasteiger partial charge is 0.315 e. The number of unbranched alkanes of at least 4 members (excludes halogenated alkanes) is 7. The molecule has 1 aromatic rings. The number of hydrogen-bond donors (Lipinski definition) is 1. The lowest BCUT2D eigenvalue weighted by atomic mass is 10.1. The summed E-state index contributed by atoms with van der Waals surface area (Å²) in [5, 5.41) is 1.19. The Morgan fingerprint density at radius 1 is 1.04 bits per heavy atom. The summed E-state index contributed by atoms with van der Waals surface area (Å²) in [4.78, 5) is 11.7. The lowest BCUT2D eigenvalue weighted by Crippen LogP contribution is -2.14. The lowest BCUT2D eigenvalue weighted by molar-refractivity contribution is -0.132. The molecule has 4 nitrogen and oxygen atoms in total. The summed E-state index contributed by atoms with van der Waals surface area (Å²) in [6.45, 7) is 2.20. The van der Waals surface area contributed by atoms with Gasteiger partial charge in [-0.05, 0) is 18.6 Å². The molecule has 1 atom stereocenters. The minimum atomic E-state index is -3.05. The van der Waals surface area contributed by atoms with Crippen LogP contribution in [0.4, 0.5) is 0 Å². The molecule has 0 spiro atoms. The van der Waals surface area contributed by atoms with Crippen LogP contribution in [-0.2, 0) is 14.6 Å². The van der Waals surface area contributed by atoms with Gasteiger partial charge < -0.3 is 9.29 Å². The van der Waals surface area contributed by atoms with Crippen molar-refractivity contribution in [3.05, 3.63) is 30.3 Å². The summed E-state index contributed by atoms with van der Waals surface area (Å²) >= 11 is 0. The normalized spacial score (nSPS) is 13.2. The maximum Gasteiger partial charge on any atom is 0.315 e. The number of ether oxygens (including phenoxy) is 1. The van der Waals surface area contributed by atoms with Gasteiger partial charge in [0.25, 0.3) is 0 Å². The van der Waals surface area contributed by atoms with Crippen molar-refractivity contribution in [1.29, 1.82) is 0 Å². The van der Waals surface area contributed by atoms with E-state index in [-0.39, 0.29) is 12.2 Å². The third-order valence-corrected chi connectivity index (χ3v) is 5.34. The second-order valence-corrected chi connectivity index (χ2v) is 8.15. The number of hydrogen-bond acceptors (Lipinski definition) is 3. The quantitative estimate of drug-likeness (QED) is 0.256. The van der Waals surface area contributed by atoms with Crippen LogP contribution < -0.4 is 4.74 Å². The van der Waals surface area contributed by atoms with E-state index in [1.54, 1.807) is 24.3 Å². The van der Waals surface area contributed by atoms with Crippen molar-refractivity contribution in [2.75, 3.05) is 5.75 Å². The van der Waals surface area contributed by atoms with Crippen molar-refractivity contribution in [3.8, 4) is 5.75 Å². The topological polar surface area (TPSA) is 63.6 Å². The molecule has 0 heterocycles. The highest BCUT2D eigenvalue weighted by Crippen LogP contribution is 2.10. The molecule has 0 aliphatic heterocycles. The minimum Gasteiger partial charge on any atom is -0.426 e. The van der Waals surface area contributed by atoms with Gasteiger partial charge in [-0.25, -0.2) is 4.21 Å². The Morgan fingerprint density at radius 2 is 1.62 bits per heavy atom. The van der Waals surface area contributed by atoms with Crippen LogP contribution in [0.25, 0.3) is 0 Å². The zero-order valence-electron chi connectivity index (χ0n) is 14.6. The SMILES string of the molecule is CCCCCCCCCCS(=O)(O)=CCC(=O)Oc1ccccc1. The number of rotatable bonds is 12. The molecule has 1 rings (SSSR count). The van der Waals surface area contributed by atoms with Crippen LogP contribution in [0, 0.1) is 0 Å². The van der Waals surface area contributed by atoms with Gasteiger partial charge in [0, 0.05) is 11.1 Å². The first-order chi connectivity index (χ1) is 11.5. The largest absolute Gasteiger partial charge is 0.426 e. The zero-order chi connectivity index (χ0) is 17.7. The van der Waals surface area contributed by atoms with E-state index in [0.717, 1.165) is 12.8 Å². The zero-order valence-corrected chi connectivity index (χ0v) is 15.4. The van der Waals surface area contributed by atoms with Crippen LogP contribution >= 0.6 is 0 Å². The van der Waals surface area contributed by atoms with Crippen molar-refractivity contribution >= 4 is 21.1 Å². The van der Waals surface area contributed by atoms with Gasteiger partial charge in [-0.3, -0.25) is 4.79 Å². The number of esters is 1. The maximum absolute atomic E-state index is 12.0. The highest BCUT2D eigenvalue weighted by Gasteiger charge is 2.07. The van der Waals surface area contributed by atoms with Gasteiger partial charge in [0.05, 0.1) is 16.2 Å². The molecule has 1 N–H and O–H groups in total. The Kier molecular flexibility index (Phi) is 10.4. The van der Waals surface area contributed by atoms with Crippen LogP contribution in [0.5, 0.6) is 5.75 Å². The molecule has 0 amide bonds. The fourth-order valence-corrected chi connectivity index (χ4v) is 3.57. The standard InChI is InChI=1S/C19H30O4S/c1-2-3-4-5-6-7-8-12-16-24(21,22)17-15-19(20)23-18-13-10-9-11-14-18/h9-11,13-14,17H,2-8,12,15-16H2,1H3,(H,21,22). The monoisotopic (exact) mass is 354 g/mol. The van der Waals surface area contributed by atoms with Gasteiger partial charge in [-0.1, -0.05) is 70.1 Å². The molecule has 24 heavy (non-hydrogen) atoms. The number of carbonyl (C=O) groups is 1. The summed E-state index contributed by atoms with van der Waals surface area (Å²) in [6.07, 6.45) is 8.90. The molecule has 5 heteroatoms. The Balaban J connectivity index is 2.20. The van der Waals surface area contributed by atoms with Gasteiger partial charge >= 0.3 is 5.97 Å². The Bertz CT molecular complexity index is 574. The number of benzene rings is 1. The third-order valence-electron chi connectivity index (χ3n) is 3.78. The Morgan fingerprint density at radius 3 is 2.25 bits per heavy atom. The molecular weight excluding hydrogens is 324 g/mol. The molecule has 0 radical (unpaired) electrons. The van der Waals surface area contributed by atoms with Gasteiger partial charge in [0.2, 0.25) is 0 Å². The van der Waals surface area contributed by atoms with E-state index in [1.807, 2.05) is 6.07 Å². The molecule has 0 saturated carbocycles. The van der Waals surface area contributed by atoms with Gasteiger partial charge in [0.15, 0.2) is 0 Å². The van der Waals surface area contributed by atoms with Crippen LogP contribution in [0.3, 0.4) is 0 Å². The van der Waals surface area contributed by atoms with Crippen molar-refractivity contribution in [2.24, 2.45) is 0 Å². The average molecular weight is 355 g/mol. The van der Waals surface area contributed by atoms with Crippen molar-refractivity contribution in [3.63, 3.8) is 0 Å². The highest BCUT2D eigenvalue weighted by atomic mass is 32.2. The van der Waals surface area contributed by atoms with Gasteiger partial charge in [-0.15, -0.1) is 0 Å². The fourth-order valence-electron chi connectivity index (χ4n) is 2.39. The second kappa shape index (κ2) is 12.1. The van der Waals surface area contributed by atoms with E-state index >= 15 is 0 Å².